The molecule has 2 saturated heterocycles. The van der Waals surface area contributed by atoms with Crippen molar-refractivity contribution in [3.63, 3.8) is 0 Å². The number of ether oxygens (including phenoxy) is 1. The largest absolute Gasteiger partial charge is 0.374 e. The Bertz CT molecular complexity index is 166. The van der Waals surface area contributed by atoms with Gasteiger partial charge in [-0.2, -0.15) is 0 Å². The van der Waals surface area contributed by atoms with Gasteiger partial charge >= 0.3 is 0 Å². The van der Waals surface area contributed by atoms with Gasteiger partial charge in [0.05, 0.1) is 12.2 Å². The molecular weight excluding hydrogens is 136 g/mol. The predicted octanol–water partition coefficient (Wildman–Crippen LogP) is 2.60. The van der Waals surface area contributed by atoms with Gasteiger partial charge in [0.25, 0.3) is 0 Å². The summed E-state index contributed by atoms with van der Waals surface area (Å²) in [6.45, 7) is 7.96. The topological polar surface area (TPSA) is 9.23 Å². The van der Waals surface area contributed by atoms with Crippen LogP contribution in [0.15, 0.2) is 0 Å². The fourth-order valence-corrected chi connectivity index (χ4v) is 2.54. The molecule has 3 atom stereocenters. The Morgan fingerprint density at radius 3 is 2.36 bits per heavy atom. The molecule has 0 spiro atoms. The third kappa shape index (κ3) is 1.01. The van der Waals surface area contributed by atoms with Crippen molar-refractivity contribution >= 4 is 0 Å². The van der Waals surface area contributed by atoms with Crippen LogP contribution >= 0.6 is 0 Å². The first-order chi connectivity index (χ1) is 5.04. The minimum absolute atomic E-state index is 0.220. The summed E-state index contributed by atoms with van der Waals surface area (Å²) in [6, 6.07) is 0. The van der Waals surface area contributed by atoms with Crippen LogP contribution in [0.4, 0.5) is 0 Å². The molecule has 11 heavy (non-hydrogen) atoms. The molecule has 0 radical (unpaired) electrons. The first kappa shape index (κ1) is 7.60. The molecule has 0 aromatic rings. The normalized spacial score (nSPS) is 56.5. The standard InChI is InChI=1S/C10H18O/c1-8-6-9(2)4-5-10(8,3)11-7-9/h8H,4-7H2,1-3H3/t8?,9?,10-/m0/s1. The van der Waals surface area contributed by atoms with E-state index in [2.05, 4.69) is 20.8 Å². The molecule has 0 aromatic carbocycles. The van der Waals surface area contributed by atoms with Gasteiger partial charge in [-0.1, -0.05) is 13.8 Å². The molecule has 0 aromatic heterocycles. The van der Waals surface area contributed by atoms with Crippen LogP contribution in [-0.4, -0.2) is 12.2 Å². The molecule has 2 aliphatic heterocycles. The predicted molar refractivity (Wildman–Crippen MR) is 45.5 cm³/mol. The maximum absolute atomic E-state index is 5.88. The van der Waals surface area contributed by atoms with Gasteiger partial charge in [0.1, 0.15) is 0 Å². The van der Waals surface area contributed by atoms with Crippen molar-refractivity contribution in [2.45, 2.75) is 45.6 Å². The van der Waals surface area contributed by atoms with Crippen LogP contribution in [0.5, 0.6) is 0 Å². The maximum Gasteiger partial charge on any atom is 0.0680 e. The number of rotatable bonds is 0. The number of fused-ring (bicyclic) bond motifs is 3. The van der Waals surface area contributed by atoms with Crippen LogP contribution in [0, 0.1) is 11.3 Å². The molecule has 64 valence electrons. The Morgan fingerprint density at radius 2 is 2.00 bits per heavy atom. The molecule has 1 heteroatoms. The third-order valence-electron chi connectivity index (χ3n) is 3.82. The molecule has 3 rings (SSSR count). The van der Waals surface area contributed by atoms with Crippen molar-refractivity contribution in [2.24, 2.45) is 11.3 Å². The van der Waals surface area contributed by atoms with Crippen molar-refractivity contribution in [1.82, 2.24) is 0 Å². The lowest BCUT2D eigenvalue weighted by atomic mass is 9.63. The third-order valence-corrected chi connectivity index (χ3v) is 3.82. The van der Waals surface area contributed by atoms with Crippen LogP contribution in [0.25, 0.3) is 0 Å². The highest BCUT2D eigenvalue weighted by Gasteiger charge is 2.48. The lowest BCUT2D eigenvalue weighted by Gasteiger charge is -2.54. The summed E-state index contributed by atoms with van der Waals surface area (Å²) >= 11 is 0. The van der Waals surface area contributed by atoms with E-state index in [9.17, 15) is 0 Å². The van der Waals surface area contributed by atoms with E-state index in [1.54, 1.807) is 0 Å². The maximum atomic E-state index is 5.88. The molecule has 1 saturated carbocycles. The smallest absolute Gasteiger partial charge is 0.0680 e. The minimum atomic E-state index is 0.220. The molecule has 0 amide bonds. The quantitative estimate of drug-likeness (QED) is 0.521. The van der Waals surface area contributed by atoms with Gasteiger partial charge < -0.3 is 4.74 Å². The van der Waals surface area contributed by atoms with Gasteiger partial charge in [0.2, 0.25) is 0 Å². The summed E-state index contributed by atoms with van der Waals surface area (Å²) < 4.78 is 5.88. The van der Waals surface area contributed by atoms with Crippen LogP contribution in [-0.2, 0) is 4.74 Å². The van der Waals surface area contributed by atoms with E-state index in [-0.39, 0.29) is 5.60 Å². The van der Waals surface area contributed by atoms with E-state index in [0.29, 0.717) is 5.41 Å². The molecular formula is C10H18O. The fourth-order valence-electron chi connectivity index (χ4n) is 2.54. The minimum Gasteiger partial charge on any atom is -0.374 e. The highest BCUT2D eigenvalue weighted by atomic mass is 16.5. The summed E-state index contributed by atoms with van der Waals surface area (Å²) in [6.07, 6.45) is 4.00. The zero-order chi connectivity index (χ0) is 8.11. The molecule has 1 aliphatic carbocycles. The average molecular weight is 154 g/mol. The Hall–Kier alpha value is -0.0400. The van der Waals surface area contributed by atoms with E-state index in [4.69, 9.17) is 4.74 Å². The van der Waals surface area contributed by atoms with E-state index in [1.165, 1.54) is 19.3 Å². The van der Waals surface area contributed by atoms with Crippen LogP contribution in [0.3, 0.4) is 0 Å². The first-order valence-corrected chi connectivity index (χ1v) is 4.68. The number of hydrogen-bond acceptors (Lipinski definition) is 1. The van der Waals surface area contributed by atoms with Crippen molar-refractivity contribution in [3.8, 4) is 0 Å². The highest BCUT2D eigenvalue weighted by Crippen LogP contribution is 2.51. The van der Waals surface area contributed by atoms with Crippen molar-refractivity contribution in [3.05, 3.63) is 0 Å². The lowest BCUT2D eigenvalue weighted by Crippen LogP contribution is -2.53. The lowest BCUT2D eigenvalue weighted by molar-refractivity contribution is -0.198. The SMILES string of the molecule is CC1CC2(C)CC[C@]1(C)OC2. The Labute approximate surface area is 69.1 Å². The van der Waals surface area contributed by atoms with E-state index < -0.39 is 0 Å². The van der Waals surface area contributed by atoms with Crippen LogP contribution < -0.4 is 0 Å². The Balaban J connectivity index is 2.22. The zero-order valence-corrected chi connectivity index (χ0v) is 7.81. The second-order valence-electron chi connectivity index (χ2n) is 5.02. The zero-order valence-electron chi connectivity index (χ0n) is 7.81. The van der Waals surface area contributed by atoms with E-state index in [0.717, 1.165) is 12.5 Å². The Morgan fingerprint density at radius 1 is 1.27 bits per heavy atom. The summed E-state index contributed by atoms with van der Waals surface area (Å²) in [5, 5.41) is 0. The molecule has 3 aliphatic rings. The average Bonchev–Trinajstić information content (AvgIpc) is 1.94. The van der Waals surface area contributed by atoms with E-state index in [1.807, 2.05) is 0 Å². The fraction of sp³-hybridized carbons (Fsp3) is 1.00. The summed E-state index contributed by atoms with van der Waals surface area (Å²) in [4.78, 5) is 0. The van der Waals surface area contributed by atoms with Crippen molar-refractivity contribution in [2.75, 3.05) is 6.61 Å². The van der Waals surface area contributed by atoms with Gasteiger partial charge in [-0.05, 0) is 37.5 Å². The molecule has 1 nitrogen and oxygen atoms in total. The summed E-state index contributed by atoms with van der Waals surface area (Å²) in [7, 11) is 0. The Kier molecular flexibility index (Phi) is 1.39. The molecule has 2 heterocycles. The summed E-state index contributed by atoms with van der Waals surface area (Å²) in [5.41, 5.74) is 0.731. The van der Waals surface area contributed by atoms with Crippen molar-refractivity contribution in [1.29, 1.82) is 0 Å². The van der Waals surface area contributed by atoms with Gasteiger partial charge in [-0.3, -0.25) is 0 Å². The highest BCUT2D eigenvalue weighted by molar-refractivity contribution is 4.98. The monoisotopic (exact) mass is 154 g/mol. The second-order valence-corrected chi connectivity index (χ2v) is 5.02. The van der Waals surface area contributed by atoms with E-state index >= 15 is 0 Å². The van der Waals surface area contributed by atoms with Gasteiger partial charge in [-0.25, -0.2) is 0 Å². The van der Waals surface area contributed by atoms with Gasteiger partial charge in [-0.15, -0.1) is 0 Å². The van der Waals surface area contributed by atoms with Gasteiger partial charge in [0, 0.05) is 0 Å². The number of hydrogen-bond donors (Lipinski definition) is 0. The van der Waals surface area contributed by atoms with Crippen LogP contribution in [0.2, 0.25) is 0 Å². The second kappa shape index (κ2) is 2.01. The first-order valence-electron chi connectivity index (χ1n) is 4.68. The molecule has 2 bridgehead atoms. The molecule has 2 unspecified atom stereocenters. The van der Waals surface area contributed by atoms with Crippen molar-refractivity contribution < 1.29 is 4.74 Å². The molecule has 3 fully saturated rings. The molecule has 0 N–H and O–H groups in total. The summed E-state index contributed by atoms with van der Waals surface area (Å²) in [5.74, 6) is 0.759. The van der Waals surface area contributed by atoms with Crippen LogP contribution in [0.1, 0.15) is 40.0 Å². The van der Waals surface area contributed by atoms with Gasteiger partial charge in [0.15, 0.2) is 0 Å².